The second-order valence-electron chi connectivity index (χ2n) is 4.63. The average molecular weight is 339 g/mol. The maximum absolute atomic E-state index is 9.10. The summed E-state index contributed by atoms with van der Waals surface area (Å²) in [7, 11) is 0. The van der Waals surface area contributed by atoms with Gasteiger partial charge in [-0.25, -0.2) is 0 Å². The van der Waals surface area contributed by atoms with Gasteiger partial charge in [0.15, 0.2) is 0 Å². The van der Waals surface area contributed by atoms with Gasteiger partial charge in [0, 0.05) is 16.9 Å². The lowest BCUT2D eigenvalue weighted by atomic mass is 10.2. The van der Waals surface area contributed by atoms with E-state index in [-0.39, 0.29) is 11.4 Å². The van der Waals surface area contributed by atoms with Crippen LogP contribution in [0.3, 0.4) is 0 Å². The molecule has 0 radical (unpaired) electrons. The molecule has 118 valence electrons. The van der Waals surface area contributed by atoms with Gasteiger partial charge < -0.3 is 10.1 Å². The summed E-state index contributed by atoms with van der Waals surface area (Å²) in [6, 6.07) is 16.4. The zero-order valence-corrected chi connectivity index (χ0v) is 13.0. The highest BCUT2D eigenvalue weighted by Gasteiger charge is 2.05. The maximum Gasteiger partial charge on any atom is 0.216 e. The third-order valence-corrected chi connectivity index (χ3v) is 3.21. The Morgan fingerprint density at radius 3 is 2.71 bits per heavy atom. The molecule has 2 N–H and O–H groups in total. The lowest BCUT2D eigenvalue weighted by Crippen LogP contribution is -1.93. The van der Waals surface area contributed by atoms with Gasteiger partial charge in [-0.05, 0) is 47.7 Å². The Labute approximate surface area is 142 Å². The summed E-state index contributed by atoms with van der Waals surface area (Å²) in [5.74, 6) is 1.56. The Hall–Kier alpha value is -3.37. The topological polar surface area (TPSA) is 99.5 Å². The molecule has 0 fully saturated rings. The van der Waals surface area contributed by atoms with Gasteiger partial charge in [-0.1, -0.05) is 17.7 Å². The van der Waals surface area contributed by atoms with Crippen LogP contribution in [0.15, 0.2) is 54.7 Å². The van der Waals surface area contributed by atoms with Crippen molar-refractivity contribution in [3.63, 3.8) is 0 Å². The van der Waals surface area contributed by atoms with Crippen molar-refractivity contribution in [2.24, 2.45) is 0 Å². The van der Waals surface area contributed by atoms with Crippen molar-refractivity contribution >= 4 is 22.9 Å². The van der Waals surface area contributed by atoms with E-state index in [1.807, 2.05) is 30.3 Å². The van der Waals surface area contributed by atoms with E-state index in [0.29, 0.717) is 16.5 Å². The molecular weight excluding hydrogens is 328 g/mol. The van der Waals surface area contributed by atoms with Gasteiger partial charge in [0.1, 0.15) is 23.1 Å². The van der Waals surface area contributed by atoms with E-state index in [9.17, 15) is 0 Å². The Balaban J connectivity index is 1.67. The molecule has 8 heteroatoms. The summed E-state index contributed by atoms with van der Waals surface area (Å²) in [6.07, 6.45) is 1.51. The molecule has 0 saturated carbocycles. The summed E-state index contributed by atoms with van der Waals surface area (Å²) in [5, 5.41) is 26.0. The molecule has 0 amide bonds. The van der Waals surface area contributed by atoms with Crippen LogP contribution in [-0.2, 0) is 0 Å². The molecule has 7 nitrogen and oxygen atoms in total. The molecule has 0 atom stereocenters. The van der Waals surface area contributed by atoms with Gasteiger partial charge in [-0.2, -0.15) is 10.5 Å². The average Bonchev–Trinajstić information content (AvgIpc) is 3.11. The van der Waals surface area contributed by atoms with E-state index in [0.717, 1.165) is 5.69 Å². The highest BCUT2D eigenvalue weighted by molar-refractivity contribution is 6.30. The van der Waals surface area contributed by atoms with Crippen LogP contribution in [-0.4, -0.2) is 20.6 Å². The van der Waals surface area contributed by atoms with Crippen LogP contribution >= 0.6 is 11.6 Å². The summed E-state index contributed by atoms with van der Waals surface area (Å²) in [4.78, 5) is 0. The predicted octanol–water partition coefficient (Wildman–Crippen LogP) is 3.62. The van der Waals surface area contributed by atoms with Crippen LogP contribution < -0.4 is 10.1 Å². The van der Waals surface area contributed by atoms with Gasteiger partial charge in [0.05, 0.1) is 0 Å². The molecule has 3 aromatic rings. The normalized spacial score (nSPS) is 10.9. The van der Waals surface area contributed by atoms with Crippen molar-refractivity contribution in [2.75, 3.05) is 5.32 Å². The summed E-state index contributed by atoms with van der Waals surface area (Å²) in [6.45, 7) is 0. The minimum atomic E-state index is 0.228. The standard InChI is InChI=1S/C16H11ClN6O/c17-12-2-1-3-15(8-12)24-14-6-4-13(5-7-14)19-10-11(9-18)16-20-22-23-21-16/h1-8,10,19H,(H,20,21,22,23). The largest absolute Gasteiger partial charge is 0.457 e. The SMILES string of the molecule is N#CC(=CNc1ccc(Oc2cccc(Cl)c2)cc1)c1nn[nH]n1. The van der Waals surface area contributed by atoms with Crippen molar-refractivity contribution in [3.05, 3.63) is 65.6 Å². The van der Waals surface area contributed by atoms with E-state index in [2.05, 4.69) is 25.9 Å². The first-order valence-corrected chi connectivity index (χ1v) is 7.26. The van der Waals surface area contributed by atoms with Crippen LogP contribution in [0.5, 0.6) is 11.5 Å². The highest BCUT2D eigenvalue weighted by atomic mass is 35.5. The van der Waals surface area contributed by atoms with E-state index in [4.69, 9.17) is 21.6 Å². The van der Waals surface area contributed by atoms with E-state index in [1.54, 1.807) is 24.3 Å². The number of aromatic amines is 1. The van der Waals surface area contributed by atoms with Crippen molar-refractivity contribution in [2.45, 2.75) is 0 Å². The van der Waals surface area contributed by atoms with Gasteiger partial charge in [-0.15, -0.1) is 10.2 Å². The lowest BCUT2D eigenvalue weighted by Gasteiger charge is -2.07. The molecule has 2 aromatic carbocycles. The number of nitrogens with zero attached hydrogens (tertiary/aromatic N) is 4. The highest BCUT2D eigenvalue weighted by Crippen LogP contribution is 2.25. The number of hydrogen-bond acceptors (Lipinski definition) is 6. The zero-order valence-electron chi connectivity index (χ0n) is 12.3. The Morgan fingerprint density at radius 1 is 1.21 bits per heavy atom. The molecule has 1 heterocycles. The fourth-order valence-electron chi connectivity index (χ4n) is 1.86. The molecule has 0 aliphatic rings. The predicted molar refractivity (Wildman–Crippen MR) is 89.4 cm³/mol. The number of rotatable bonds is 5. The molecule has 0 aliphatic heterocycles. The summed E-state index contributed by atoms with van der Waals surface area (Å²) in [5.41, 5.74) is 1.05. The quantitative estimate of drug-likeness (QED) is 0.689. The van der Waals surface area contributed by atoms with Crippen molar-refractivity contribution in [1.82, 2.24) is 20.6 Å². The molecule has 0 unspecified atom stereocenters. The molecule has 0 aliphatic carbocycles. The fraction of sp³-hybridized carbons (Fsp3) is 0. The number of tetrazole rings is 1. The van der Waals surface area contributed by atoms with Gasteiger partial charge in [0.25, 0.3) is 0 Å². The number of anilines is 1. The number of hydrogen-bond donors (Lipinski definition) is 2. The molecule has 0 spiro atoms. The second kappa shape index (κ2) is 7.26. The molecular formula is C16H11ClN6O. The first-order valence-electron chi connectivity index (χ1n) is 6.89. The third-order valence-electron chi connectivity index (χ3n) is 2.98. The monoisotopic (exact) mass is 338 g/mol. The minimum Gasteiger partial charge on any atom is -0.457 e. The Morgan fingerprint density at radius 2 is 2.04 bits per heavy atom. The van der Waals surface area contributed by atoms with Crippen LogP contribution in [0.1, 0.15) is 5.82 Å². The molecule has 24 heavy (non-hydrogen) atoms. The number of aromatic nitrogens is 4. The number of allylic oxidation sites excluding steroid dienone is 1. The lowest BCUT2D eigenvalue weighted by molar-refractivity contribution is 0.483. The first kappa shape index (κ1) is 15.5. The second-order valence-corrected chi connectivity index (χ2v) is 5.07. The molecule has 1 aromatic heterocycles. The number of benzene rings is 2. The van der Waals surface area contributed by atoms with E-state index >= 15 is 0 Å². The fourth-order valence-corrected chi connectivity index (χ4v) is 2.04. The van der Waals surface area contributed by atoms with Crippen molar-refractivity contribution < 1.29 is 4.74 Å². The van der Waals surface area contributed by atoms with Crippen LogP contribution in [0, 0.1) is 11.3 Å². The van der Waals surface area contributed by atoms with E-state index in [1.165, 1.54) is 6.20 Å². The van der Waals surface area contributed by atoms with Crippen LogP contribution in [0.25, 0.3) is 5.57 Å². The number of nitriles is 1. The van der Waals surface area contributed by atoms with Crippen LogP contribution in [0.4, 0.5) is 5.69 Å². The van der Waals surface area contributed by atoms with Crippen molar-refractivity contribution in [1.29, 1.82) is 5.26 Å². The maximum atomic E-state index is 9.10. The van der Waals surface area contributed by atoms with E-state index < -0.39 is 0 Å². The van der Waals surface area contributed by atoms with Crippen LogP contribution in [0.2, 0.25) is 5.02 Å². The number of H-pyrrole nitrogens is 1. The number of nitrogens with one attached hydrogen (secondary N) is 2. The molecule has 0 bridgehead atoms. The molecule has 0 saturated heterocycles. The van der Waals surface area contributed by atoms with Crippen molar-refractivity contribution in [3.8, 4) is 17.6 Å². The smallest absolute Gasteiger partial charge is 0.216 e. The van der Waals surface area contributed by atoms with Gasteiger partial charge >= 0.3 is 0 Å². The minimum absolute atomic E-state index is 0.228. The third kappa shape index (κ3) is 3.88. The van der Waals surface area contributed by atoms with Gasteiger partial charge in [0.2, 0.25) is 5.82 Å². The zero-order chi connectivity index (χ0) is 16.8. The number of ether oxygens (including phenoxy) is 1. The Kier molecular flexibility index (Phi) is 4.70. The Bertz CT molecular complexity index is 884. The summed E-state index contributed by atoms with van der Waals surface area (Å²) < 4.78 is 5.71. The number of halogens is 1. The first-order chi connectivity index (χ1) is 11.7. The van der Waals surface area contributed by atoms with Gasteiger partial charge in [-0.3, -0.25) is 0 Å². The molecule has 3 rings (SSSR count). The summed E-state index contributed by atoms with van der Waals surface area (Å²) >= 11 is 5.92.